The van der Waals surface area contributed by atoms with Crippen molar-refractivity contribution >= 4 is 21.7 Å². The van der Waals surface area contributed by atoms with Crippen LogP contribution in [0.5, 0.6) is 0 Å². The molecule has 5 heteroatoms. The Balaban J connectivity index is 2.05. The maximum atomic E-state index is 9.39. The molecule has 1 N–H and O–H groups in total. The lowest BCUT2D eigenvalue weighted by atomic mass is 10.0. The van der Waals surface area contributed by atoms with E-state index in [0.717, 1.165) is 42.0 Å². The first-order valence-electron chi connectivity index (χ1n) is 6.25. The Morgan fingerprint density at radius 3 is 3.11 bits per heavy atom. The molecule has 0 aliphatic carbocycles. The summed E-state index contributed by atoms with van der Waals surface area (Å²) >= 11 is 3.37. The molecule has 1 fully saturated rings. The minimum Gasteiger partial charge on any atom is -0.392 e. The molecular weight excluding hydrogens is 296 g/mol. The molecule has 4 nitrogen and oxygen atoms in total. The van der Waals surface area contributed by atoms with Gasteiger partial charge in [-0.15, -0.1) is 0 Å². The van der Waals surface area contributed by atoms with Crippen LogP contribution in [-0.2, 0) is 11.3 Å². The number of rotatable bonds is 4. The van der Waals surface area contributed by atoms with Gasteiger partial charge in [0.15, 0.2) is 0 Å². The Bertz CT molecular complexity index is 395. The number of hydrogen-bond acceptors (Lipinski definition) is 4. The van der Waals surface area contributed by atoms with Gasteiger partial charge in [0.25, 0.3) is 0 Å². The van der Waals surface area contributed by atoms with E-state index in [1.54, 1.807) is 6.20 Å². The molecule has 0 saturated carbocycles. The third-order valence-corrected chi connectivity index (χ3v) is 3.66. The lowest BCUT2D eigenvalue weighted by Gasteiger charge is -2.28. The molecule has 2 heterocycles. The van der Waals surface area contributed by atoms with Gasteiger partial charge in [0.05, 0.1) is 13.2 Å². The van der Waals surface area contributed by atoms with Gasteiger partial charge >= 0.3 is 0 Å². The number of anilines is 1. The van der Waals surface area contributed by atoms with Crippen LogP contribution in [0.2, 0.25) is 0 Å². The normalized spacial score (nSPS) is 19.8. The maximum Gasteiger partial charge on any atom is 0.133 e. The number of aliphatic hydroxyl groups excluding tert-OH is 1. The summed E-state index contributed by atoms with van der Waals surface area (Å²) < 4.78 is 6.38. The highest BCUT2D eigenvalue weighted by molar-refractivity contribution is 9.10. The van der Waals surface area contributed by atoms with E-state index < -0.39 is 0 Å². The van der Waals surface area contributed by atoms with E-state index in [2.05, 4.69) is 25.8 Å². The minimum atomic E-state index is 0.00722. The van der Waals surface area contributed by atoms with E-state index in [1.807, 2.05) is 13.1 Å². The number of hydrogen-bond donors (Lipinski definition) is 1. The molecule has 1 aromatic heterocycles. The van der Waals surface area contributed by atoms with Gasteiger partial charge in [-0.05, 0) is 40.8 Å². The lowest BCUT2D eigenvalue weighted by molar-refractivity contribution is 0.0576. The molecular formula is C13H19BrN2O2. The van der Waals surface area contributed by atoms with Crippen molar-refractivity contribution in [3.63, 3.8) is 0 Å². The molecule has 1 atom stereocenters. The van der Waals surface area contributed by atoms with E-state index in [9.17, 15) is 5.11 Å². The fourth-order valence-corrected chi connectivity index (χ4v) is 2.74. The molecule has 1 saturated heterocycles. The highest BCUT2D eigenvalue weighted by Crippen LogP contribution is 2.23. The molecule has 0 amide bonds. The van der Waals surface area contributed by atoms with E-state index >= 15 is 0 Å². The first-order chi connectivity index (χ1) is 8.70. The van der Waals surface area contributed by atoms with Gasteiger partial charge in [-0.3, -0.25) is 0 Å². The van der Waals surface area contributed by atoms with Crippen molar-refractivity contribution < 1.29 is 9.84 Å². The minimum absolute atomic E-state index is 0.00722. The molecule has 1 aromatic rings. The Labute approximate surface area is 116 Å². The van der Waals surface area contributed by atoms with Gasteiger partial charge in [0.1, 0.15) is 5.82 Å². The second-order valence-corrected chi connectivity index (χ2v) is 5.67. The molecule has 0 spiro atoms. The SMILES string of the molecule is CN(CC1CCCOC1)c1ncc(Br)cc1CO. The van der Waals surface area contributed by atoms with Crippen LogP contribution in [0.3, 0.4) is 0 Å². The second-order valence-electron chi connectivity index (χ2n) is 4.76. The molecule has 1 aliphatic heterocycles. The Morgan fingerprint density at radius 1 is 1.61 bits per heavy atom. The highest BCUT2D eigenvalue weighted by atomic mass is 79.9. The number of aromatic nitrogens is 1. The monoisotopic (exact) mass is 314 g/mol. The number of ether oxygens (including phenoxy) is 1. The molecule has 0 radical (unpaired) electrons. The van der Waals surface area contributed by atoms with Crippen molar-refractivity contribution in [2.45, 2.75) is 19.4 Å². The third-order valence-electron chi connectivity index (χ3n) is 3.23. The summed E-state index contributed by atoms with van der Waals surface area (Å²) in [5, 5.41) is 9.39. The molecule has 0 bridgehead atoms. The van der Waals surface area contributed by atoms with Crippen molar-refractivity contribution in [1.82, 2.24) is 4.98 Å². The van der Waals surface area contributed by atoms with Crippen LogP contribution in [0.15, 0.2) is 16.7 Å². The summed E-state index contributed by atoms with van der Waals surface area (Å²) in [7, 11) is 2.02. The van der Waals surface area contributed by atoms with Crippen LogP contribution in [0, 0.1) is 5.92 Å². The summed E-state index contributed by atoms with van der Waals surface area (Å²) in [6, 6.07) is 1.91. The predicted octanol–water partition coefficient (Wildman–Crippen LogP) is 2.20. The standard InChI is InChI=1S/C13H19BrN2O2/c1-16(7-10-3-2-4-18-9-10)13-11(8-17)5-12(14)6-15-13/h5-6,10,17H,2-4,7-9H2,1H3. The zero-order valence-electron chi connectivity index (χ0n) is 10.6. The molecule has 100 valence electrons. The second kappa shape index (κ2) is 6.50. The smallest absolute Gasteiger partial charge is 0.133 e. The summed E-state index contributed by atoms with van der Waals surface area (Å²) in [5.74, 6) is 1.41. The van der Waals surface area contributed by atoms with Crippen LogP contribution in [0.1, 0.15) is 18.4 Å². The molecule has 1 aliphatic rings. The predicted molar refractivity (Wildman–Crippen MR) is 74.7 cm³/mol. The van der Waals surface area contributed by atoms with Crippen LogP contribution >= 0.6 is 15.9 Å². The summed E-state index contributed by atoms with van der Waals surface area (Å²) in [6.45, 7) is 2.64. The zero-order chi connectivity index (χ0) is 13.0. The average molecular weight is 315 g/mol. The van der Waals surface area contributed by atoms with Gasteiger partial charge in [-0.2, -0.15) is 0 Å². The maximum absolute atomic E-state index is 9.39. The Morgan fingerprint density at radius 2 is 2.44 bits per heavy atom. The van der Waals surface area contributed by atoms with Gasteiger partial charge in [0.2, 0.25) is 0 Å². The quantitative estimate of drug-likeness (QED) is 0.925. The zero-order valence-corrected chi connectivity index (χ0v) is 12.2. The van der Waals surface area contributed by atoms with Gasteiger partial charge in [-0.1, -0.05) is 0 Å². The average Bonchev–Trinajstić information content (AvgIpc) is 2.39. The molecule has 18 heavy (non-hydrogen) atoms. The number of nitrogens with zero attached hydrogens (tertiary/aromatic N) is 2. The first-order valence-corrected chi connectivity index (χ1v) is 7.04. The topological polar surface area (TPSA) is 45.6 Å². The van der Waals surface area contributed by atoms with Crippen LogP contribution in [0.25, 0.3) is 0 Å². The van der Waals surface area contributed by atoms with Crippen LogP contribution in [-0.4, -0.2) is 36.9 Å². The van der Waals surface area contributed by atoms with E-state index in [1.165, 1.54) is 6.42 Å². The van der Waals surface area contributed by atoms with Gasteiger partial charge < -0.3 is 14.7 Å². The van der Waals surface area contributed by atoms with E-state index in [0.29, 0.717) is 5.92 Å². The van der Waals surface area contributed by atoms with Crippen LogP contribution < -0.4 is 4.90 Å². The van der Waals surface area contributed by atoms with Crippen LogP contribution in [0.4, 0.5) is 5.82 Å². The van der Waals surface area contributed by atoms with E-state index in [4.69, 9.17) is 4.74 Å². The number of pyridine rings is 1. The van der Waals surface area contributed by atoms with Crippen molar-refractivity contribution in [1.29, 1.82) is 0 Å². The van der Waals surface area contributed by atoms with Crippen molar-refractivity contribution in [3.05, 3.63) is 22.3 Å². The fourth-order valence-electron chi connectivity index (χ4n) is 2.36. The van der Waals surface area contributed by atoms with Gasteiger partial charge in [-0.25, -0.2) is 4.98 Å². The number of aliphatic hydroxyl groups is 1. The Kier molecular flexibility index (Phi) is 4.97. The van der Waals surface area contributed by atoms with Crippen molar-refractivity contribution in [2.24, 2.45) is 5.92 Å². The lowest BCUT2D eigenvalue weighted by Crippen LogP contribution is -2.31. The number of halogens is 1. The molecule has 1 unspecified atom stereocenters. The summed E-state index contributed by atoms with van der Waals surface area (Å²) in [6.07, 6.45) is 4.11. The Hall–Kier alpha value is -0.650. The summed E-state index contributed by atoms with van der Waals surface area (Å²) in [4.78, 5) is 6.50. The van der Waals surface area contributed by atoms with Crippen molar-refractivity contribution in [3.8, 4) is 0 Å². The first kappa shape index (κ1) is 13.8. The van der Waals surface area contributed by atoms with Gasteiger partial charge in [0, 0.05) is 36.4 Å². The highest BCUT2D eigenvalue weighted by Gasteiger charge is 2.18. The third kappa shape index (κ3) is 3.43. The summed E-state index contributed by atoms with van der Waals surface area (Å²) in [5.41, 5.74) is 0.851. The fraction of sp³-hybridized carbons (Fsp3) is 0.615. The molecule has 2 rings (SSSR count). The largest absolute Gasteiger partial charge is 0.392 e. The van der Waals surface area contributed by atoms with E-state index in [-0.39, 0.29) is 6.61 Å². The van der Waals surface area contributed by atoms with Crippen molar-refractivity contribution in [2.75, 3.05) is 31.7 Å². The molecule has 0 aromatic carbocycles.